The Labute approximate surface area is 294 Å². The van der Waals surface area contributed by atoms with E-state index in [1.165, 1.54) is 24.3 Å². The second kappa shape index (κ2) is 16.8. The zero-order valence-electron chi connectivity index (χ0n) is 27.4. The average Bonchev–Trinajstić information content (AvgIpc) is 3.07. The second-order valence-electron chi connectivity index (χ2n) is 11.6. The highest BCUT2D eigenvalue weighted by Crippen LogP contribution is 2.64. The minimum Gasteiger partial charge on any atom is -0.494 e. The van der Waals surface area contributed by atoms with Crippen molar-refractivity contribution in [3.63, 3.8) is 0 Å². The zero-order valence-corrected chi connectivity index (χ0v) is 27.4. The van der Waals surface area contributed by atoms with Gasteiger partial charge in [0.05, 0.1) is 30.8 Å². The summed E-state index contributed by atoms with van der Waals surface area (Å²) in [6.45, 7) is 0.442. The van der Waals surface area contributed by atoms with E-state index >= 15 is 0 Å². The highest BCUT2D eigenvalue weighted by atomic mass is 19.4. The van der Waals surface area contributed by atoms with Gasteiger partial charge in [-0.15, -0.1) is 0 Å². The summed E-state index contributed by atoms with van der Waals surface area (Å²) in [5.74, 6) is -59.7. The monoisotopic (exact) mass is 816 g/mol. The summed E-state index contributed by atoms with van der Waals surface area (Å²) < 4.78 is 243. The summed E-state index contributed by atoms with van der Waals surface area (Å²) in [6, 6.07) is 9.17. The van der Waals surface area contributed by atoms with E-state index in [4.69, 9.17) is 9.47 Å². The molecule has 0 amide bonds. The average molecular weight is 817 g/mol. The van der Waals surface area contributed by atoms with E-state index in [0.717, 1.165) is 62.8 Å². The smallest absolute Gasteiger partial charge is 0.460 e. The van der Waals surface area contributed by atoms with Crippen LogP contribution < -0.4 is 9.47 Å². The van der Waals surface area contributed by atoms with Crippen LogP contribution in [0.3, 0.4) is 0 Å². The van der Waals surface area contributed by atoms with Crippen LogP contribution in [0, 0.1) is 0 Å². The molecule has 2 aromatic carbocycles. The topological polar surface area (TPSA) is 61.8 Å². The molecule has 0 aliphatic rings. The molecule has 2 aromatic rings. The highest BCUT2D eigenvalue weighted by Gasteiger charge is 2.95. The first-order valence-electron chi connectivity index (χ1n) is 15.5. The molecule has 0 spiro atoms. The Morgan fingerprint density at radius 3 is 1.37 bits per heavy atom. The van der Waals surface area contributed by atoms with E-state index in [1.807, 2.05) is 0 Å². The molecule has 0 saturated carbocycles. The molecule has 0 saturated heterocycles. The summed E-state index contributed by atoms with van der Waals surface area (Å²) in [7, 11) is 0. The fourth-order valence-corrected chi connectivity index (χ4v) is 4.29. The third-order valence-electron chi connectivity index (χ3n) is 7.59. The van der Waals surface area contributed by atoms with E-state index in [0.29, 0.717) is 12.4 Å². The zero-order chi connectivity index (χ0) is 41.6. The van der Waals surface area contributed by atoms with Crippen LogP contribution in [-0.4, -0.2) is 72.8 Å². The first kappa shape index (κ1) is 46.1. The van der Waals surface area contributed by atoms with Crippen LogP contribution in [-0.2, 0) is 4.74 Å². The summed E-state index contributed by atoms with van der Waals surface area (Å²) in [6.07, 6.45) is -4.52. The van der Waals surface area contributed by atoms with Crippen molar-refractivity contribution in [2.75, 3.05) is 13.2 Å². The van der Waals surface area contributed by atoms with Gasteiger partial charge in [-0.05, 0) is 55.0 Å². The molecule has 0 aromatic heterocycles. The normalized spacial score (nSPS) is 13.8. The predicted octanol–water partition coefficient (Wildman–Crippen LogP) is 11.2. The Balaban J connectivity index is 2.03. The third kappa shape index (κ3) is 9.26. The Morgan fingerprint density at radius 2 is 0.889 bits per heavy atom. The van der Waals surface area contributed by atoms with Crippen molar-refractivity contribution in [2.24, 2.45) is 0 Å². The molecule has 0 aliphatic carbocycles. The van der Waals surface area contributed by atoms with Gasteiger partial charge in [0, 0.05) is 0 Å². The highest BCUT2D eigenvalue weighted by molar-refractivity contribution is 5.92. The lowest BCUT2D eigenvalue weighted by Gasteiger charge is -2.42. The van der Waals surface area contributed by atoms with Gasteiger partial charge in [-0.1, -0.05) is 39.0 Å². The van der Waals surface area contributed by atoms with Crippen molar-refractivity contribution >= 4 is 11.9 Å². The SMILES string of the molecule is CCCCCCCCOc1ccc(C(=O)Oc2ccc(C(=O)OCCC(F)(F)C(F)(F)C(F)(F)C(F)(F)C(F)(F)C(F)(F)C(F)(F)C(F)(F)F)cc2)cc1. The van der Waals surface area contributed by atoms with Gasteiger partial charge in [0.15, 0.2) is 0 Å². The number of alkyl halides is 17. The molecule has 0 fully saturated rings. The number of benzene rings is 2. The summed E-state index contributed by atoms with van der Waals surface area (Å²) >= 11 is 0. The van der Waals surface area contributed by atoms with Crippen molar-refractivity contribution in [1.82, 2.24) is 0 Å². The number of unbranched alkanes of at least 4 members (excludes halogenated alkanes) is 5. The molecule has 22 heteroatoms. The molecule has 54 heavy (non-hydrogen) atoms. The summed E-state index contributed by atoms with van der Waals surface area (Å²) in [5, 5.41) is 0. The van der Waals surface area contributed by atoms with Crippen LogP contribution >= 0.6 is 0 Å². The van der Waals surface area contributed by atoms with Crippen molar-refractivity contribution in [1.29, 1.82) is 0 Å². The van der Waals surface area contributed by atoms with Gasteiger partial charge in [0.25, 0.3) is 0 Å². The molecule has 0 heterocycles. The van der Waals surface area contributed by atoms with Crippen molar-refractivity contribution < 1.29 is 98.4 Å². The Kier molecular flexibility index (Phi) is 14.3. The van der Waals surface area contributed by atoms with Gasteiger partial charge < -0.3 is 14.2 Å². The number of hydrogen-bond acceptors (Lipinski definition) is 5. The summed E-state index contributed by atoms with van der Waals surface area (Å²) in [4.78, 5) is 24.5. The summed E-state index contributed by atoms with van der Waals surface area (Å²) in [5.41, 5.74) is -0.579. The van der Waals surface area contributed by atoms with Crippen LogP contribution in [0.15, 0.2) is 48.5 Å². The first-order valence-corrected chi connectivity index (χ1v) is 15.5. The lowest BCUT2D eigenvalue weighted by atomic mass is 9.88. The van der Waals surface area contributed by atoms with Crippen molar-refractivity contribution in [2.45, 2.75) is 99.5 Å². The molecular formula is C32H29F17O5. The Morgan fingerprint density at radius 1 is 0.481 bits per heavy atom. The Hall–Kier alpha value is -4.01. The molecule has 306 valence electrons. The van der Waals surface area contributed by atoms with Crippen molar-refractivity contribution in [3.8, 4) is 11.5 Å². The quantitative estimate of drug-likeness (QED) is 0.0577. The van der Waals surface area contributed by atoms with E-state index in [1.54, 1.807) is 0 Å². The maximum Gasteiger partial charge on any atom is 0.460 e. The lowest BCUT2D eigenvalue weighted by Crippen LogP contribution is -2.74. The molecule has 0 radical (unpaired) electrons. The number of hydrogen-bond donors (Lipinski definition) is 0. The fraction of sp³-hybridized carbons (Fsp3) is 0.562. The number of rotatable bonds is 20. The van der Waals surface area contributed by atoms with E-state index in [-0.39, 0.29) is 11.3 Å². The molecule has 0 aliphatic heterocycles. The van der Waals surface area contributed by atoms with Gasteiger partial charge in [-0.2, -0.15) is 74.6 Å². The molecule has 0 unspecified atom stereocenters. The van der Waals surface area contributed by atoms with Gasteiger partial charge in [0.1, 0.15) is 11.5 Å². The maximum absolute atomic E-state index is 14.1. The third-order valence-corrected chi connectivity index (χ3v) is 7.59. The van der Waals surface area contributed by atoms with Crippen LogP contribution in [0.1, 0.15) is 72.6 Å². The number of esters is 2. The van der Waals surface area contributed by atoms with Gasteiger partial charge in [-0.25, -0.2) is 9.59 Å². The molecule has 0 N–H and O–H groups in total. The molecular weight excluding hydrogens is 787 g/mol. The number of carbonyl (C=O) groups excluding carboxylic acids is 2. The van der Waals surface area contributed by atoms with Gasteiger partial charge in [0.2, 0.25) is 0 Å². The molecule has 2 rings (SSSR count). The molecule has 0 atom stereocenters. The minimum atomic E-state index is -8.73. The second-order valence-corrected chi connectivity index (χ2v) is 11.6. The van der Waals surface area contributed by atoms with E-state index < -0.39 is 78.2 Å². The molecule has 5 nitrogen and oxygen atoms in total. The van der Waals surface area contributed by atoms with Crippen LogP contribution in [0.2, 0.25) is 0 Å². The van der Waals surface area contributed by atoms with Gasteiger partial charge in [-0.3, -0.25) is 0 Å². The largest absolute Gasteiger partial charge is 0.494 e. The van der Waals surface area contributed by atoms with E-state index in [9.17, 15) is 84.2 Å². The number of halogens is 17. The van der Waals surface area contributed by atoms with Crippen LogP contribution in [0.25, 0.3) is 0 Å². The number of ether oxygens (including phenoxy) is 3. The molecule has 0 bridgehead atoms. The predicted molar refractivity (Wildman–Crippen MR) is 152 cm³/mol. The van der Waals surface area contributed by atoms with E-state index in [2.05, 4.69) is 11.7 Å². The van der Waals surface area contributed by atoms with Gasteiger partial charge >= 0.3 is 59.6 Å². The Bertz CT molecular complexity index is 1540. The van der Waals surface area contributed by atoms with Crippen LogP contribution in [0.5, 0.6) is 11.5 Å². The lowest BCUT2D eigenvalue weighted by molar-refractivity contribution is -0.461. The van der Waals surface area contributed by atoms with Crippen LogP contribution in [0.4, 0.5) is 74.6 Å². The first-order chi connectivity index (χ1) is 24.5. The number of carbonyl (C=O) groups is 2. The van der Waals surface area contributed by atoms with Crippen molar-refractivity contribution in [3.05, 3.63) is 59.7 Å². The standard InChI is InChI=1S/C32H29F17O5/c1-2-3-4-5-6-7-17-52-21-12-8-20(9-13-21)24(51)54-22-14-10-19(11-15-22)23(50)53-18-16-25(33,34)26(35,36)27(37,38)28(39,40)29(41,42)30(43,44)31(45,46)32(47,48)49/h8-15H,2-7,16-18H2,1H3. The fourth-order valence-electron chi connectivity index (χ4n) is 4.29. The minimum absolute atomic E-state index is 0.0446. The maximum atomic E-state index is 14.1.